The normalized spacial score (nSPS) is 8.81. The number of unbranched alkanes of at least 4 members (excludes halogenated alkanes) is 7. The van der Waals surface area contributed by atoms with Crippen LogP contribution >= 0.6 is 0 Å². The molecule has 0 aliphatic heterocycles. The average molecular weight is 228 g/mol. The lowest BCUT2D eigenvalue weighted by atomic mass is 10.2. The van der Waals surface area contributed by atoms with Crippen LogP contribution in [0, 0.1) is 0 Å². The Kier molecular flexibility index (Phi) is 21.3. The molecule has 0 fully saturated rings. The van der Waals surface area contributed by atoms with Crippen LogP contribution in [0.4, 0.5) is 0 Å². The van der Waals surface area contributed by atoms with Crippen LogP contribution in [0.25, 0.3) is 0 Å². The Balaban J connectivity index is 0. The molecular weight excluding hydrogens is 204 g/mol. The van der Waals surface area contributed by atoms with Gasteiger partial charge in [0.25, 0.3) is 0 Å². The molecule has 0 atom stereocenters. The first-order valence-electron chi connectivity index (χ1n) is 6.14. The summed E-state index contributed by atoms with van der Waals surface area (Å²) in [7, 11) is 0. The van der Waals surface area contributed by atoms with Crippen LogP contribution in [0.15, 0.2) is 0 Å². The third-order valence-corrected chi connectivity index (χ3v) is 2.07. The van der Waals surface area contributed by atoms with Gasteiger partial charge in [-0.25, -0.2) is 0 Å². The highest BCUT2D eigenvalue weighted by atomic mass is 16.1. The SMILES string of the molecule is CCCCCCC=O.O=CCCCCC=O. The zero-order valence-electron chi connectivity index (χ0n) is 10.3. The van der Waals surface area contributed by atoms with E-state index >= 15 is 0 Å². The fraction of sp³-hybridized carbons (Fsp3) is 0.769. The zero-order valence-corrected chi connectivity index (χ0v) is 10.3. The van der Waals surface area contributed by atoms with Gasteiger partial charge in [-0.05, 0) is 19.3 Å². The Morgan fingerprint density at radius 2 is 1.00 bits per heavy atom. The standard InChI is InChI=1S/C7H14O.C6H10O2/c1-2-3-4-5-6-7-8;7-5-3-1-2-4-6-8/h7H,2-6H2,1H3;5-6H,1-4H2. The van der Waals surface area contributed by atoms with Crippen molar-refractivity contribution >= 4 is 18.9 Å². The maximum atomic E-state index is 9.77. The fourth-order valence-corrected chi connectivity index (χ4v) is 1.11. The summed E-state index contributed by atoms with van der Waals surface area (Å²) in [5, 5.41) is 0. The molecule has 3 heteroatoms. The molecule has 0 spiro atoms. The topological polar surface area (TPSA) is 51.2 Å². The monoisotopic (exact) mass is 228 g/mol. The maximum absolute atomic E-state index is 9.77. The molecule has 16 heavy (non-hydrogen) atoms. The Morgan fingerprint density at radius 1 is 0.625 bits per heavy atom. The van der Waals surface area contributed by atoms with Crippen LogP contribution in [0.2, 0.25) is 0 Å². The van der Waals surface area contributed by atoms with Crippen molar-refractivity contribution in [3.05, 3.63) is 0 Å². The summed E-state index contributed by atoms with van der Waals surface area (Å²) in [4.78, 5) is 29.1. The highest BCUT2D eigenvalue weighted by Crippen LogP contribution is 1.99. The van der Waals surface area contributed by atoms with Gasteiger partial charge in [0.2, 0.25) is 0 Å². The van der Waals surface area contributed by atoms with E-state index < -0.39 is 0 Å². The average Bonchev–Trinajstić information content (AvgIpc) is 2.31. The lowest BCUT2D eigenvalue weighted by molar-refractivity contribution is -0.109. The second-order valence-corrected chi connectivity index (χ2v) is 3.63. The molecule has 0 saturated carbocycles. The minimum atomic E-state index is 0.591. The van der Waals surface area contributed by atoms with Gasteiger partial charge in [0.05, 0.1) is 0 Å². The molecule has 0 radical (unpaired) electrons. The molecule has 0 saturated heterocycles. The van der Waals surface area contributed by atoms with E-state index in [1.165, 1.54) is 19.3 Å². The Labute approximate surface area is 98.6 Å². The van der Waals surface area contributed by atoms with Crippen LogP contribution in [0.3, 0.4) is 0 Å². The maximum Gasteiger partial charge on any atom is 0.119 e. The number of hydrogen-bond donors (Lipinski definition) is 0. The summed E-state index contributed by atoms with van der Waals surface area (Å²) in [6.45, 7) is 2.17. The van der Waals surface area contributed by atoms with Crippen LogP contribution < -0.4 is 0 Å². The summed E-state index contributed by atoms with van der Waals surface area (Å²) in [5.74, 6) is 0. The largest absolute Gasteiger partial charge is 0.303 e. The van der Waals surface area contributed by atoms with Crippen molar-refractivity contribution in [2.75, 3.05) is 0 Å². The van der Waals surface area contributed by atoms with E-state index in [2.05, 4.69) is 6.92 Å². The molecular formula is C13H24O3. The van der Waals surface area contributed by atoms with E-state index in [9.17, 15) is 14.4 Å². The molecule has 0 N–H and O–H groups in total. The van der Waals surface area contributed by atoms with Gasteiger partial charge in [-0.2, -0.15) is 0 Å². The number of carbonyl (C=O) groups excluding carboxylic acids is 3. The first-order valence-corrected chi connectivity index (χ1v) is 6.14. The van der Waals surface area contributed by atoms with Gasteiger partial charge in [-0.3, -0.25) is 0 Å². The minimum Gasteiger partial charge on any atom is -0.303 e. The van der Waals surface area contributed by atoms with Gasteiger partial charge >= 0.3 is 0 Å². The van der Waals surface area contributed by atoms with Crippen molar-refractivity contribution in [1.29, 1.82) is 0 Å². The molecule has 0 aromatic heterocycles. The Morgan fingerprint density at radius 3 is 1.31 bits per heavy atom. The Hall–Kier alpha value is -0.990. The second-order valence-electron chi connectivity index (χ2n) is 3.63. The van der Waals surface area contributed by atoms with E-state index in [0.29, 0.717) is 12.8 Å². The smallest absolute Gasteiger partial charge is 0.119 e. The second kappa shape index (κ2) is 19.6. The van der Waals surface area contributed by atoms with E-state index in [-0.39, 0.29) is 0 Å². The summed E-state index contributed by atoms with van der Waals surface area (Å²) >= 11 is 0. The van der Waals surface area contributed by atoms with Crippen LogP contribution in [-0.4, -0.2) is 18.9 Å². The quantitative estimate of drug-likeness (QED) is 0.426. The zero-order chi connectivity index (χ0) is 12.5. The molecule has 0 aromatic carbocycles. The van der Waals surface area contributed by atoms with Crippen molar-refractivity contribution in [3.8, 4) is 0 Å². The molecule has 0 rings (SSSR count). The summed E-state index contributed by atoms with van der Waals surface area (Å²) in [5.41, 5.74) is 0. The van der Waals surface area contributed by atoms with Gasteiger partial charge in [-0.15, -0.1) is 0 Å². The van der Waals surface area contributed by atoms with Crippen LogP contribution in [-0.2, 0) is 14.4 Å². The molecule has 0 heterocycles. The van der Waals surface area contributed by atoms with E-state index in [0.717, 1.165) is 44.5 Å². The van der Waals surface area contributed by atoms with Crippen molar-refractivity contribution in [2.24, 2.45) is 0 Å². The lowest BCUT2D eigenvalue weighted by Gasteiger charge is -1.90. The van der Waals surface area contributed by atoms with E-state index in [1.807, 2.05) is 0 Å². The van der Waals surface area contributed by atoms with Crippen LogP contribution in [0.5, 0.6) is 0 Å². The fourth-order valence-electron chi connectivity index (χ4n) is 1.11. The number of aldehydes is 3. The first-order chi connectivity index (χ1) is 7.83. The predicted molar refractivity (Wildman–Crippen MR) is 65.4 cm³/mol. The molecule has 0 aliphatic carbocycles. The summed E-state index contributed by atoms with van der Waals surface area (Å²) < 4.78 is 0. The van der Waals surface area contributed by atoms with Gasteiger partial charge in [0, 0.05) is 19.3 Å². The molecule has 3 nitrogen and oxygen atoms in total. The third kappa shape index (κ3) is 23.1. The minimum absolute atomic E-state index is 0.591. The van der Waals surface area contributed by atoms with Crippen molar-refractivity contribution in [3.63, 3.8) is 0 Å². The molecule has 0 unspecified atom stereocenters. The van der Waals surface area contributed by atoms with E-state index in [1.54, 1.807) is 0 Å². The number of rotatable bonds is 10. The van der Waals surface area contributed by atoms with Gasteiger partial charge in [0.1, 0.15) is 18.9 Å². The number of hydrogen-bond acceptors (Lipinski definition) is 3. The molecule has 0 aromatic rings. The Bertz CT molecular complexity index is 145. The molecule has 0 amide bonds. The first kappa shape index (κ1) is 17.4. The molecule has 0 bridgehead atoms. The predicted octanol–water partition coefficient (Wildman–Crippen LogP) is 3.10. The van der Waals surface area contributed by atoms with Gasteiger partial charge in [-0.1, -0.05) is 26.2 Å². The lowest BCUT2D eigenvalue weighted by Crippen LogP contribution is -1.78. The third-order valence-electron chi connectivity index (χ3n) is 2.07. The van der Waals surface area contributed by atoms with Crippen molar-refractivity contribution < 1.29 is 14.4 Å². The summed E-state index contributed by atoms with van der Waals surface area (Å²) in [6, 6.07) is 0. The van der Waals surface area contributed by atoms with Crippen LogP contribution in [0.1, 0.15) is 64.7 Å². The van der Waals surface area contributed by atoms with Gasteiger partial charge in [0.15, 0.2) is 0 Å². The number of carbonyl (C=O) groups is 3. The van der Waals surface area contributed by atoms with Crippen molar-refractivity contribution in [1.82, 2.24) is 0 Å². The molecule has 94 valence electrons. The van der Waals surface area contributed by atoms with Crippen molar-refractivity contribution in [2.45, 2.75) is 64.7 Å². The highest BCUT2D eigenvalue weighted by molar-refractivity contribution is 5.50. The molecule has 0 aliphatic rings. The highest BCUT2D eigenvalue weighted by Gasteiger charge is 1.84. The van der Waals surface area contributed by atoms with E-state index in [4.69, 9.17) is 0 Å². The summed E-state index contributed by atoms with van der Waals surface area (Å²) in [6.07, 6.45) is 11.2. The van der Waals surface area contributed by atoms with Gasteiger partial charge < -0.3 is 14.4 Å².